The van der Waals surface area contributed by atoms with Crippen LogP contribution in [-0.4, -0.2) is 64.9 Å². The highest BCUT2D eigenvalue weighted by atomic mass is 16.5. The second-order valence-corrected chi connectivity index (χ2v) is 7.59. The van der Waals surface area contributed by atoms with Gasteiger partial charge >= 0.3 is 0 Å². The lowest BCUT2D eigenvalue weighted by atomic mass is 9.91. The number of nitrogens with zero attached hydrogens (tertiary/aromatic N) is 4. The second kappa shape index (κ2) is 10.4. The molecule has 2 fully saturated rings. The van der Waals surface area contributed by atoms with E-state index in [0.717, 1.165) is 63.1 Å². The minimum atomic E-state index is -0.943. The van der Waals surface area contributed by atoms with Gasteiger partial charge in [0.2, 0.25) is 12.4 Å². The Bertz CT molecular complexity index is 689. The van der Waals surface area contributed by atoms with E-state index in [1.807, 2.05) is 13.0 Å². The summed E-state index contributed by atoms with van der Waals surface area (Å²) in [6.07, 6.45) is 6.07. The highest BCUT2D eigenvalue weighted by Crippen LogP contribution is 2.27. The molecule has 1 aromatic rings. The molecule has 3 N–H and O–H groups in total. The Kier molecular flexibility index (Phi) is 7.59. The normalized spacial score (nSPS) is 19.2. The third-order valence-electron chi connectivity index (χ3n) is 5.48. The highest BCUT2D eigenvalue weighted by Gasteiger charge is 2.33. The van der Waals surface area contributed by atoms with E-state index in [1.165, 1.54) is 0 Å². The van der Waals surface area contributed by atoms with Gasteiger partial charge in [0, 0.05) is 24.8 Å². The molecule has 1 saturated carbocycles. The van der Waals surface area contributed by atoms with Crippen molar-refractivity contribution in [2.75, 3.05) is 36.6 Å². The van der Waals surface area contributed by atoms with Gasteiger partial charge < -0.3 is 9.64 Å². The summed E-state index contributed by atoms with van der Waals surface area (Å²) in [6, 6.07) is 0.940. The molecule has 160 valence electrons. The van der Waals surface area contributed by atoms with Crippen molar-refractivity contribution in [3.63, 3.8) is 0 Å². The summed E-state index contributed by atoms with van der Waals surface area (Å²) in [4.78, 5) is 34.8. The van der Waals surface area contributed by atoms with E-state index in [4.69, 9.17) is 4.74 Å². The number of anilines is 2. The summed E-state index contributed by atoms with van der Waals surface area (Å²) in [5.41, 5.74) is 6.08. The number of hydrogen-bond donors (Lipinski definition) is 3. The Balaban J connectivity index is 1.67. The third kappa shape index (κ3) is 5.77. The third-order valence-corrected chi connectivity index (χ3v) is 5.48. The van der Waals surface area contributed by atoms with Gasteiger partial charge in [-0.1, -0.05) is 25.7 Å². The number of amides is 2. The van der Waals surface area contributed by atoms with E-state index in [-0.39, 0.29) is 18.3 Å². The highest BCUT2D eigenvalue weighted by molar-refractivity contribution is 5.84. The molecule has 29 heavy (non-hydrogen) atoms. The van der Waals surface area contributed by atoms with Crippen LogP contribution in [0.25, 0.3) is 0 Å². The maximum absolute atomic E-state index is 12.8. The number of aryl methyl sites for hydroxylation is 1. The maximum Gasteiger partial charge on any atom is 0.264 e. The number of carbonyl (C=O) groups is 2. The molecule has 1 aliphatic heterocycles. The average Bonchev–Trinajstić information content (AvgIpc) is 3.02. The van der Waals surface area contributed by atoms with E-state index >= 15 is 0 Å². The summed E-state index contributed by atoms with van der Waals surface area (Å²) in [6.45, 7) is 4.62. The lowest BCUT2D eigenvalue weighted by molar-refractivity contribution is -0.172. The predicted molar refractivity (Wildman–Crippen MR) is 106 cm³/mol. The lowest BCUT2D eigenvalue weighted by Gasteiger charge is -2.29. The molecular formula is C19H30N6O4. The zero-order valence-electron chi connectivity index (χ0n) is 16.8. The quantitative estimate of drug-likeness (QED) is 0.268. The van der Waals surface area contributed by atoms with E-state index in [2.05, 4.69) is 25.7 Å². The molecule has 2 heterocycles. The van der Waals surface area contributed by atoms with Crippen LogP contribution in [0.4, 0.5) is 11.8 Å². The number of rotatable bonds is 7. The second-order valence-electron chi connectivity index (χ2n) is 7.59. The Morgan fingerprint density at radius 2 is 1.97 bits per heavy atom. The van der Waals surface area contributed by atoms with E-state index in [9.17, 15) is 14.8 Å². The molecular weight excluding hydrogens is 376 g/mol. The van der Waals surface area contributed by atoms with Gasteiger partial charge in [-0.25, -0.2) is 10.0 Å². The van der Waals surface area contributed by atoms with Crippen LogP contribution in [0.15, 0.2) is 6.07 Å². The number of carbonyl (C=O) groups excluding carboxylic acids is 2. The molecule has 2 aliphatic rings. The Hall–Kier alpha value is -2.46. The fraction of sp³-hybridized carbons (Fsp3) is 0.684. The van der Waals surface area contributed by atoms with Crippen molar-refractivity contribution >= 4 is 24.1 Å². The first-order valence-electron chi connectivity index (χ1n) is 10.2. The molecule has 1 aromatic heterocycles. The van der Waals surface area contributed by atoms with Crippen molar-refractivity contribution in [1.82, 2.24) is 20.5 Å². The van der Waals surface area contributed by atoms with Crippen LogP contribution >= 0.6 is 0 Å². The number of aromatic nitrogens is 2. The molecule has 0 bridgehead atoms. The van der Waals surface area contributed by atoms with Crippen LogP contribution in [0.3, 0.4) is 0 Å². The molecule has 10 heteroatoms. The number of hydrogen-bond acceptors (Lipinski definition) is 8. The molecule has 0 radical (unpaired) electrons. The number of hydroxylamine groups is 2. The summed E-state index contributed by atoms with van der Waals surface area (Å²) in [7, 11) is 0. The fourth-order valence-corrected chi connectivity index (χ4v) is 4.00. The topological polar surface area (TPSA) is 120 Å². The number of morpholine rings is 1. The van der Waals surface area contributed by atoms with Gasteiger partial charge in [-0.3, -0.25) is 25.6 Å². The van der Waals surface area contributed by atoms with Crippen LogP contribution in [0.2, 0.25) is 0 Å². The van der Waals surface area contributed by atoms with Crippen LogP contribution in [0.5, 0.6) is 0 Å². The lowest BCUT2D eigenvalue weighted by Crippen LogP contribution is -2.51. The first-order valence-corrected chi connectivity index (χ1v) is 10.2. The first-order chi connectivity index (χ1) is 14.1. The number of nitrogens with one attached hydrogen (secondary N) is 2. The van der Waals surface area contributed by atoms with Crippen LogP contribution in [0, 0.1) is 12.8 Å². The van der Waals surface area contributed by atoms with Gasteiger partial charge in [-0.15, -0.1) is 0 Å². The zero-order chi connectivity index (χ0) is 20.6. The van der Waals surface area contributed by atoms with Crippen molar-refractivity contribution in [3.05, 3.63) is 11.8 Å². The molecule has 3 rings (SSSR count). The summed E-state index contributed by atoms with van der Waals surface area (Å²) in [5.74, 6) is 0.450. The monoisotopic (exact) mass is 406 g/mol. The Labute approximate surface area is 170 Å². The average molecular weight is 406 g/mol. The minimum absolute atomic E-state index is 0.0863. The number of hydrazine groups is 1. The summed E-state index contributed by atoms with van der Waals surface area (Å²) in [5, 5.41) is 10.5. The van der Waals surface area contributed by atoms with E-state index in [0.29, 0.717) is 18.3 Å². The van der Waals surface area contributed by atoms with Gasteiger partial charge in [0.25, 0.3) is 5.91 Å². The molecule has 1 unspecified atom stereocenters. The van der Waals surface area contributed by atoms with E-state index < -0.39 is 11.9 Å². The molecule has 1 atom stereocenters. The Morgan fingerprint density at radius 1 is 1.28 bits per heavy atom. The van der Waals surface area contributed by atoms with Crippen LogP contribution in [-0.2, 0) is 14.3 Å². The molecule has 1 saturated heterocycles. The molecule has 10 nitrogen and oxygen atoms in total. The van der Waals surface area contributed by atoms with Gasteiger partial charge in [-0.05, 0) is 25.7 Å². The molecule has 0 spiro atoms. The summed E-state index contributed by atoms with van der Waals surface area (Å²) < 4.78 is 5.37. The maximum atomic E-state index is 12.8. The molecule has 1 aliphatic carbocycles. The largest absolute Gasteiger partial charge is 0.378 e. The SMILES string of the molecule is Cc1cc(N2CCOCC2)nc(NNC(=O)C(C2CCCCCC2)N(O)C=O)n1. The standard InChI is InChI=1S/C19H30N6O4/c1-14-12-16(24-8-10-29-11-9-24)21-19(20-14)23-22-18(27)17(25(28)13-26)15-6-4-2-3-5-7-15/h12-13,15,17,28H,2-11H2,1H3,(H,22,27)(H,20,21,23). The van der Waals surface area contributed by atoms with Crippen molar-refractivity contribution in [3.8, 4) is 0 Å². The van der Waals surface area contributed by atoms with Gasteiger partial charge in [0.05, 0.1) is 13.2 Å². The van der Waals surface area contributed by atoms with E-state index in [1.54, 1.807) is 0 Å². The molecule has 2 amide bonds. The zero-order valence-corrected chi connectivity index (χ0v) is 16.8. The van der Waals surface area contributed by atoms with Crippen molar-refractivity contribution in [2.24, 2.45) is 5.92 Å². The van der Waals surface area contributed by atoms with Crippen molar-refractivity contribution < 1.29 is 19.5 Å². The number of ether oxygens (including phenoxy) is 1. The van der Waals surface area contributed by atoms with Crippen LogP contribution in [0.1, 0.15) is 44.2 Å². The minimum Gasteiger partial charge on any atom is -0.378 e. The van der Waals surface area contributed by atoms with Gasteiger partial charge in [0.15, 0.2) is 0 Å². The first kappa shape index (κ1) is 21.3. The summed E-state index contributed by atoms with van der Waals surface area (Å²) >= 11 is 0. The van der Waals surface area contributed by atoms with Gasteiger partial charge in [-0.2, -0.15) is 4.98 Å². The predicted octanol–water partition coefficient (Wildman–Crippen LogP) is 1.25. The fourth-order valence-electron chi connectivity index (χ4n) is 4.00. The smallest absolute Gasteiger partial charge is 0.264 e. The van der Waals surface area contributed by atoms with Crippen molar-refractivity contribution in [2.45, 2.75) is 51.5 Å². The Morgan fingerprint density at radius 3 is 2.62 bits per heavy atom. The van der Waals surface area contributed by atoms with Gasteiger partial charge in [0.1, 0.15) is 11.9 Å². The molecule has 0 aromatic carbocycles. The van der Waals surface area contributed by atoms with Crippen LogP contribution < -0.4 is 15.8 Å². The van der Waals surface area contributed by atoms with Crippen molar-refractivity contribution in [1.29, 1.82) is 0 Å².